The number of carboxylic acid groups (broad SMARTS) is 2. The predicted octanol–water partition coefficient (Wildman–Crippen LogP) is 1.69. The number of aromatic nitrogens is 4. The molecule has 3 aromatic rings. The maximum Gasteiger partial charge on any atom is 0.314 e. The van der Waals surface area contributed by atoms with Gasteiger partial charge < -0.3 is 15.3 Å². The molecular formula is C23H22F3N7O5. The van der Waals surface area contributed by atoms with Crippen LogP contribution in [0.2, 0.25) is 0 Å². The fraction of sp³-hybridized carbons (Fsp3) is 0.261. The van der Waals surface area contributed by atoms with Crippen LogP contribution < -0.4 is 5.43 Å². The molecule has 4 rings (SSSR count). The molecule has 0 bridgehead atoms. The average molecular weight is 533 g/mol. The van der Waals surface area contributed by atoms with Gasteiger partial charge in [-0.2, -0.15) is 0 Å². The highest BCUT2D eigenvalue weighted by Gasteiger charge is 2.43. The minimum Gasteiger partial charge on any atom is -0.481 e. The molecule has 0 fully saturated rings. The van der Waals surface area contributed by atoms with Crippen molar-refractivity contribution >= 4 is 18.3 Å². The van der Waals surface area contributed by atoms with E-state index in [9.17, 15) is 27.9 Å². The number of hydrogen-bond donors (Lipinski definition) is 4. The molecular weight excluding hydrogens is 511 g/mol. The summed E-state index contributed by atoms with van der Waals surface area (Å²) in [4.78, 5) is 38.1. The van der Waals surface area contributed by atoms with Crippen molar-refractivity contribution in [3.8, 4) is 11.3 Å². The largest absolute Gasteiger partial charge is 0.481 e. The number of hydrogen-bond acceptors (Lipinski definition) is 10. The van der Waals surface area contributed by atoms with Gasteiger partial charge in [0.15, 0.2) is 11.6 Å². The molecule has 0 saturated heterocycles. The summed E-state index contributed by atoms with van der Waals surface area (Å²) in [5.74, 6) is -5.73. The standard InChI is InChI=1S/C20H18F3N7O.C3H4O4/c1-12(18-16(22)5-24-8-27-18)20(31,7-30-11-26-10-29-30)15-3-2-13(21)4-14(15)19-17(23)6-25-9-28-19;4-2(5)1-3(6)7/h2-6,8-9,11-12,29,31H,7,10H2,1H3;1H2,(H,4,5)(H,6,7)/t12-,20+;/m0./s1. The number of rotatable bonds is 8. The Balaban J connectivity index is 0.000000505. The van der Waals surface area contributed by atoms with Crippen LogP contribution in [-0.2, 0) is 15.2 Å². The Labute approximate surface area is 213 Å². The number of nitrogens with one attached hydrogen (secondary N) is 1. The van der Waals surface area contributed by atoms with Gasteiger partial charge in [-0.05, 0) is 17.7 Å². The number of β-amino-alcohol motifs (C(OH)–C–C–N with tert-alkyl or cyclic N) is 1. The third kappa shape index (κ3) is 6.63. The molecule has 0 aliphatic carbocycles. The molecule has 38 heavy (non-hydrogen) atoms. The van der Waals surface area contributed by atoms with Crippen LogP contribution in [0.15, 0.2) is 48.2 Å². The molecule has 15 heteroatoms. The second-order valence-electron chi connectivity index (χ2n) is 8.02. The zero-order valence-electron chi connectivity index (χ0n) is 19.8. The Hall–Kier alpha value is -4.50. The average Bonchev–Trinajstić information content (AvgIpc) is 3.36. The molecule has 1 aliphatic rings. The summed E-state index contributed by atoms with van der Waals surface area (Å²) in [7, 11) is 0. The van der Waals surface area contributed by atoms with Crippen molar-refractivity contribution in [2.24, 2.45) is 4.99 Å². The quantitative estimate of drug-likeness (QED) is 0.310. The van der Waals surface area contributed by atoms with Crippen molar-refractivity contribution in [3.05, 3.63) is 72.0 Å². The van der Waals surface area contributed by atoms with E-state index in [-0.39, 0.29) is 29.1 Å². The number of aliphatic carboxylic acids is 2. The van der Waals surface area contributed by atoms with Crippen LogP contribution in [0.4, 0.5) is 13.2 Å². The number of nitrogens with zero attached hydrogens (tertiary/aromatic N) is 6. The van der Waals surface area contributed by atoms with E-state index < -0.39 is 47.3 Å². The molecule has 0 spiro atoms. The van der Waals surface area contributed by atoms with Gasteiger partial charge in [0, 0.05) is 11.5 Å². The lowest BCUT2D eigenvalue weighted by Crippen LogP contribution is -2.47. The van der Waals surface area contributed by atoms with Gasteiger partial charge in [-0.3, -0.25) is 19.6 Å². The molecule has 200 valence electrons. The van der Waals surface area contributed by atoms with Gasteiger partial charge in [-0.25, -0.2) is 38.5 Å². The van der Waals surface area contributed by atoms with Gasteiger partial charge in [-0.15, -0.1) is 0 Å². The number of halogens is 3. The Bertz CT molecular complexity index is 1330. The van der Waals surface area contributed by atoms with Crippen molar-refractivity contribution in [1.82, 2.24) is 30.4 Å². The zero-order chi connectivity index (χ0) is 27.9. The smallest absolute Gasteiger partial charge is 0.314 e. The van der Waals surface area contributed by atoms with Crippen molar-refractivity contribution < 1.29 is 38.1 Å². The van der Waals surface area contributed by atoms with Gasteiger partial charge in [-0.1, -0.05) is 13.0 Å². The number of aliphatic hydroxyl groups is 1. The van der Waals surface area contributed by atoms with Gasteiger partial charge in [0.2, 0.25) is 0 Å². The lowest BCUT2D eigenvalue weighted by Gasteiger charge is -2.38. The topological polar surface area (TPSA) is 174 Å². The van der Waals surface area contributed by atoms with Crippen molar-refractivity contribution in [2.45, 2.75) is 24.9 Å². The van der Waals surface area contributed by atoms with Crippen LogP contribution in [0.5, 0.6) is 0 Å². The SMILES string of the molecule is C[C@@H](c1ncncc1F)[C@](O)(CN1C=NCN1)c1ccc(F)cc1-c1ncncc1F.O=C(O)CC(=O)O. The molecule has 12 nitrogen and oxygen atoms in total. The summed E-state index contributed by atoms with van der Waals surface area (Å²) in [5.41, 5.74) is 0.983. The second kappa shape index (κ2) is 12.2. The molecule has 3 heterocycles. The van der Waals surface area contributed by atoms with Crippen LogP contribution in [0.3, 0.4) is 0 Å². The molecule has 2 atom stereocenters. The maximum absolute atomic E-state index is 14.5. The van der Waals surface area contributed by atoms with Gasteiger partial charge in [0.25, 0.3) is 0 Å². The van der Waals surface area contributed by atoms with E-state index in [0.29, 0.717) is 6.67 Å². The second-order valence-corrected chi connectivity index (χ2v) is 8.02. The number of carboxylic acids is 2. The van der Waals surface area contributed by atoms with Gasteiger partial charge in [0.1, 0.15) is 49.2 Å². The highest BCUT2D eigenvalue weighted by atomic mass is 19.1. The first-order chi connectivity index (χ1) is 18.0. The van der Waals surface area contributed by atoms with E-state index in [2.05, 4.69) is 30.4 Å². The highest BCUT2D eigenvalue weighted by molar-refractivity contribution is 5.88. The highest BCUT2D eigenvalue weighted by Crippen LogP contribution is 2.42. The van der Waals surface area contributed by atoms with Gasteiger partial charge in [0.05, 0.1) is 24.6 Å². The molecule has 1 aromatic carbocycles. The molecule has 0 amide bonds. The van der Waals surface area contributed by atoms with Crippen LogP contribution in [-0.4, -0.2) is 71.8 Å². The van der Waals surface area contributed by atoms with Crippen molar-refractivity contribution in [1.29, 1.82) is 0 Å². The lowest BCUT2D eigenvalue weighted by atomic mass is 9.77. The molecule has 0 saturated carbocycles. The van der Waals surface area contributed by atoms with Crippen LogP contribution in [0, 0.1) is 17.5 Å². The van der Waals surface area contributed by atoms with Crippen LogP contribution in [0.1, 0.15) is 30.5 Å². The normalized spacial score (nSPS) is 14.8. The lowest BCUT2D eigenvalue weighted by molar-refractivity contribution is -0.147. The Kier molecular flexibility index (Phi) is 8.98. The first kappa shape index (κ1) is 28.1. The molecule has 2 aromatic heterocycles. The first-order valence-corrected chi connectivity index (χ1v) is 10.9. The maximum atomic E-state index is 14.5. The summed E-state index contributed by atoms with van der Waals surface area (Å²) in [5, 5.41) is 28.9. The summed E-state index contributed by atoms with van der Waals surface area (Å²) in [6, 6.07) is 3.53. The van der Waals surface area contributed by atoms with E-state index in [1.165, 1.54) is 23.7 Å². The number of benzene rings is 1. The van der Waals surface area contributed by atoms with Crippen molar-refractivity contribution in [3.63, 3.8) is 0 Å². The van der Waals surface area contributed by atoms with E-state index in [0.717, 1.165) is 30.9 Å². The van der Waals surface area contributed by atoms with Gasteiger partial charge >= 0.3 is 11.9 Å². The molecule has 4 N–H and O–H groups in total. The van der Waals surface area contributed by atoms with E-state index in [1.54, 1.807) is 6.92 Å². The summed E-state index contributed by atoms with van der Waals surface area (Å²) in [6.45, 7) is 1.75. The molecule has 0 radical (unpaired) electrons. The van der Waals surface area contributed by atoms with Crippen molar-refractivity contribution in [2.75, 3.05) is 13.2 Å². The summed E-state index contributed by atoms with van der Waals surface area (Å²) >= 11 is 0. The van der Waals surface area contributed by atoms with E-state index in [1.807, 2.05) is 0 Å². The van der Waals surface area contributed by atoms with Crippen LogP contribution >= 0.6 is 0 Å². The number of carbonyl (C=O) groups is 2. The molecule has 1 aliphatic heterocycles. The third-order valence-corrected chi connectivity index (χ3v) is 5.49. The minimum absolute atomic E-state index is 0.0138. The van der Waals surface area contributed by atoms with Crippen LogP contribution in [0.25, 0.3) is 11.3 Å². The minimum atomic E-state index is -1.86. The number of hydrazine groups is 1. The third-order valence-electron chi connectivity index (χ3n) is 5.49. The molecule has 0 unspecified atom stereocenters. The first-order valence-electron chi connectivity index (χ1n) is 10.9. The Morgan fingerprint density at radius 3 is 2.29 bits per heavy atom. The summed E-state index contributed by atoms with van der Waals surface area (Å²) in [6.07, 6.45) is 4.89. The number of aliphatic imine (C=N–C) groups is 1. The fourth-order valence-corrected chi connectivity index (χ4v) is 3.72. The van der Waals surface area contributed by atoms with E-state index >= 15 is 0 Å². The fourth-order valence-electron chi connectivity index (χ4n) is 3.72. The summed E-state index contributed by atoms with van der Waals surface area (Å²) < 4.78 is 43.2. The predicted molar refractivity (Wildman–Crippen MR) is 125 cm³/mol. The zero-order valence-corrected chi connectivity index (χ0v) is 19.8. The Morgan fingerprint density at radius 2 is 1.74 bits per heavy atom. The van der Waals surface area contributed by atoms with E-state index in [4.69, 9.17) is 10.2 Å². The monoisotopic (exact) mass is 533 g/mol. The Morgan fingerprint density at radius 1 is 1.08 bits per heavy atom.